The van der Waals surface area contributed by atoms with Crippen LogP contribution in [0.4, 0.5) is 0 Å². The van der Waals surface area contributed by atoms with Gasteiger partial charge in [0.05, 0.1) is 5.57 Å². The van der Waals surface area contributed by atoms with E-state index in [9.17, 15) is 9.90 Å². The molecular weight excluding hydrogens is 190 g/mol. The fourth-order valence-corrected chi connectivity index (χ4v) is 2.02. The first-order chi connectivity index (χ1) is 6.87. The lowest BCUT2D eigenvalue weighted by Gasteiger charge is -2.30. The van der Waals surface area contributed by atoms with Crippen molar-refractivity contribution < 1.29 is 9.90 Å². The lowest BCUT2D eigenvalue weighted by molar-refractivity contribution is -0.117. The van der Waals surface area contributed by atoms with E-state index in [1.807, 2.05) is 20.8 Å². The summed E-state index contributed by atoms with van der Waals surface area (Å²) in [7, 11) is 0. The molecule has 0 bridgehead atoms. The zero-order valence-corrected chi connectivity index (χ0v) is 9.68. The molecule has 0 amide bonds. The number of carbonyl (C=O) groups is 1. The van der Waals surface area contributed by atoms with Gasteiger partial charge in [-0.25, -0.2) is 0 Å². The summed E-state index contributed by atoms with van der Waals surface area (Å²) in [5.74, 6) is 0.0187. The van der Waals surface area contributed by atoms with Crippen LogP contribution in [-0.2, 0) is 4.79 Å². The summed E-state index contributed by atoms with van der Waals surface area (Å²) in [6, 6.07) is 0. The smallest absolute Gasteiger partial charge is 0.168 e. The fraction of sp³-hybridized carbons (Fsp3) is 0.667. The lowest BCUT2D eigenvalue weighted by atomic mass is 9.73. The van der Waals surface area contributed by atoms with E-state index in [0.29, 0.717) is 25.0 Å². The van der Waals surface area contributed by atoms with Crippen molar-refractivity contribution in [3.8, 4) is 0 Å². The second-order valence-electron chi connectivity index (χ2n) is 4.99. The van der Waals surface area contributed by atoms with E-state index in [4.69, 9.17) is 5.41 Å². The largest absolute Gasteiger partial charge is 0.511 e. The van der Waals surface area contributed by atoms with E-state index in [-0.39, 0.29) is 22.5 Å². The Morgan fingerprint density at radius 1 is 1.47 bits per heavy atom. The highest BCUT2D eigenvalue weighted by Crippen LogP contribution is 2.34. The fourth-order valence-electron chi connectivity index (χ4n) is 2.02. The molecule has 0 aromatic carbocycles. The van der Waals surface area contributed by atoms with Crippen molar-refractivity contribution in [2.75, 3.05) is 0 Å². The number of aliphatic hydroxyl groups excluding tert-OH is 1. The first-order valence-electron chi connectivity index (χ1n) is 5.40. The number of nitrogens with one attached hydrogen (secondary N) is 1. The first-order valence-corrected chi connectivity index (χ1v) is 5.40. The molecule has 3 nitrogen and oxygen atoms in total. The van der Waals surface area contributed by atoms with Gasteiger partial charge in [-0.3, -0.25) is 4.79 Å². The van der Waals surface area contributed by atoms with Gasteiger partial charge in [0.25, 0.3) is 0 Å². The molecule has 0 spiro atoms. The molecule has 0 aliphatic heterocycles. The Bertz CT molecular complexity index is 305. The molecule has 3 heteroatoms. The number of Topliss-reactive ketones (excluding diaryl/α,β-unsaturated/α-hetero) is 1. The third-order valence-corrected chi connectivity index (χ3v) is 2.65. The summed E-state index contributed by atoms with van der Waals surface area (Å²) >= 11 is 0. The van der Waals surface area contributed by atoms with Crippen molar-refractivity contribution in [3.05, 3.63) is 11.3 Å². The molecule has 1 rings (SSSR count). The van der Waals surface area contributed by atoms with E-state index in [2.05, 4.69) is 0 Å². The average molecular weight is 209 g/mol. The van der Waals surface area contributed by atoms with Gasteiger partial charge in [0.1, 0.15) is 5.76 Å². The lowest BCUT2D eigenvalue weighted by Crippen LogP contribution is -2.32. The Morgan fingerprint density at radius 3 is 2.53 bits per heavy atom. The summed E-state index contributed by atoms with van der Waals surface area (Å²) in [5, 5.41) is 17.5. The predicted molar refractivity (Wildman–Crippen MR) is 60.3 cm³/mol. The van der Waals surface area contributed by atoms with Gasteiger partial charge in [-0.15, -0.1) is 0 Å². The van der Waals surface area contributed by atoms with Gasteiger partial charge >= 0.3 is 0 Å². The van der Waals surface area contributed by atoms with Crippen LogP contribution in [0.3, 0.4) is 0 Å². The summed E-state index contributed by atoms with van der Waals surface area (Å²) in [5.41, 5.74) is 0.433. The molecular formula is C12H19NO2. The Kier molecular flexibility index (Phi) is 3.32. The average Bonchev–Trinajstić information content (AvgIpc) is 1.99. The van der Waals surface area contributed by atoms with Crippen LogP contribution >= 0.6 is 0 Å². The van der Waals surface area contributed by atoms with Crippen molar-refractivity contribution in [2.24, 2.45) is 5.41 Å². The molecule has 0 heterocycles. The molecule has 1 aliphatic carbocycles. The number of hydrogen-bond donors (Lipinski definition) is 2. The maximum Gasteiger partial charge on any atom is 0.168 e. The van der Waals surface area contributed by atoms with Crippen molar-refractivity contribution in [3.63, 3.8) is 0 Å². The topological polar surface area (TPSA) is 61.1 Å². The molecule has 1 saturated carbocycles. The van der Waals surface area contributed by atoms with Crippen molar-refractivity contribution >= 4 is 11.5 Å². The zero-order valence-electron chi connectivity index (χ0n) is 9.68. The second kappa shape index (κ2) is 4.17. The van der Waals surface area contributed by atoms with E-state index >= 15 is 0 Å². The van der Waals surface area contributed by atoms with Crippen LogP contribution in [0.1, 0.15) is 46.5 Å². The standard InChI is InChI=1S/C12H19NO2/c1-4-5-9(14)11-8(13)6-12(2,3)7-10(11)15/h13-14H,4-7H2,1-3H3/b11-9+,13-8?. The van der Waals surface area contributed by atoms with Crippen LogP contribution in [0, 0.1) is 10.8 Å². The van der Waals surface area contributed by atoms with Crippen LogP contribution in [0.15, 0.2) is 11.3 Å². The summed E-state index contributed by atoms with van der Waals surface area (Å²) in [6.07, 6.45) is 2.28. The maximum atomic E-state index is 11.8. The van der Waals surface area contributed by atoms with E-state index in [1.54, 1.807) is 0 Å². The van der Waals surface area contributed by atoms with Gasteiger partial charge in [0, 0.05) is 18.6 Å². The first kappa shape index (κ1) is 12.0. The number of carbonyl (C=O) groups excluding carboxylic acids is 1. The second-order valence-corrected chi connectivity index (χ2v) is 4.99. The highest BCUT2D eigenvalue weighted by atomic mass is 16.3. The highest BCUT2D eigenvalue weighted by molar-refractivity contribution is 6.23. The van der Waals surface area contributed by atoms with E-state index in [0.717, 1.165) is 6.42 Å². The van der Waals surface area contributed by atoms with Crippen LogP contribution < -0.4 is 0 Å². The third-order valence-electron chi connectivity index (χ3n) is 2.65. The van der Waals surface area contributed by atoms with Gasteiger partial charge in [0.15, 0.2) is 5.78 Å². The van der Waals surface area contributed by atoms with Gasteiger partial charge in [-0.2, -0.15) is 0 Å². The SMILES string of the molecule is CCC/C(O)=C1/C(=N)CC(C)(C)CC1=O. The Hall–Kier alpha value is -1.12. The molecule has 15 heavy (non-hydrogen) atoms. The van der Waals surface area contributed by atoms with Crippen LogP contribution in [0.2, 0.25) is 0 Å². The van der Waals surface area contributed by atoms with Gasteiger partial charge in [-0.05, 0) is 18.3 Å². The van der Waals surface area contributed by atoms with Crippen LogP contribution in [0.25, 0.3) is 0 Å². The third kappa shape index (κ3) is 2.67. The maximum absolute atomic E-state index is 11.8. The summed E-state index contributed by atoms with van der Waals surface area (Å²) < 4.78 is 0. The summed E-state index contributed by atoms with van der Waals surface area (Å²) in [4.78, 5) is 11.8. The van der Waals surface area contributed by atoms with Gasteiger partial charge < -0.3 is 10.5 Å². The monoisotopic (exact) mass is 209 g/mol. The molecule has 1 aliphatic rings. The van der Waals surface area contributed by atoms with Crippen molar-refractivity contribution in [2.45, 2.75) is 46.5 Å². The number of rotatable bonds is 2. The molecule has 0 saturated heterocycles. The van der Waals surface area contributed by atoms with Crippen LogP contribution in [0.5, 0.6) is 0 Å². The van der Waals surface area contributed by atoms with Crippen LogP contribution in [-0.4, -0.2) is 16.6 Å². The van der Waals surface area contributed by atoms with E-state index in [1.165, 1.54) is 0 Å². The Morgan fingerprint density at radius 2 is 2.07 bits per heavy atom. The van der Waals surface area contributed by atoms with E-state index < -0.39 is 0 Å². The minimum Gasteiger partial charge on any atom is -0.511 e. The highest BCUT2D eigenvalue weighted by Gasteiger charge is 2.35. The minimum absolute atomic E-state index is 0.0813. The molecule has 0 aromatic rings. The Balaban J connectivity index is 2.98. The number of ketones is 1. The normalized spacial score (nSPS) is 24.2. The van der Waals surface area contributed by atoms with Crippen molar-refractivity contribution in [1.82, 2.24) is 0 Å². The molecule has 0 radical (unpaired) electrons. The van der Waals surface area contributed by atoms with Crippen molar-refractivity contribution in [1.29, 1.82) is 5.41 Å². The number of hydrogen-bond acceptors (Lipinski definition) is 3. The number of aliphatic hydroxyl groups is 1. The Labute approximate surface area is 90.7 Å². The predicted octanol–water partition coefficient (Wildman–Crippen LogP) is 3.01. The van der Waals surface area contributed by atoms with Gasteiger partial charge in [-0.1, -0.05) is 20.8 Å². The minimum atomic E-state index is -0.135. The molecule has 0 aromatic heterocycles. The zero-order chi connectivity index (χ0) is 11.6. The quantitative estimate of drug-likeness (QED) is 0.542. The molecule has 0 unspecified atom stereocenters. The number of allylic oxidation sites excluding steroid dienone is 2. The van der Waals surface area contributed by atoms with Gasteiger partial charge in [0.2, 0.25) is 0 Å². The molecule has 2 N–H and O–H groups in total. The molecule has 0 atom stereocenters. The summed E-state index contributed by atoms with van der Waals surface area (Å²) in [6.45, 7) is 5.90. The molecule has 84 valence electrons. The molecule has 1 fully saturated rings.